The number of amides is 1. The van der Waals surface area contributed by atoms with Gasteiger partial charge in [-0.1, -0.05) is 44.2 Å². The van der Waals surface area contributed by atoms with Crippen molar-refractivity contribution in [1.82, 2.24) is 14.9 Å². The molecule has 3 rings (SSSR count). The van der Waals surface area contributed by atoms with Crippen LogP contribution in [0.4, 0.5) is 0 Å². The number of nitrogens with zero attached hydrogens (tertiary/aromatic N) is 2. The van der Waals surface area contributed by atoms with Crippen LogP contribution in [0.1, 0.15) is 50.9 Å². The Kier molecular flexibility index (Phi) is 7.28. The zero-order valence-electron chi connectivity index (χ0n) is 17.6. The number of ether oxygens (including phenoxy) is 1. The molecule has 29 heavy (non-hydrogen) atoms. The number of para-hydroxylation sites is 3. The van der Waals surface area contributed by atoms with E-state index in [0.717, 1.165) is 48.4 Å². The number of hydrogen-bond acceptors (Lipinski definition) is 3. The number of carbonyl (C=O) groups excluding carboxylic acids is 1. The first kappa shape index (κ1) is 20.9. The molecule has 1 amide bonds. The molecule has 0 bridgehead atoms. The van der Waals surface area contributed by atoms with Gasteiger partial charge in [-0.2, -0.15) is 0 Å². The monoisotopic (exact) mass is 393 g/mol. The fourth-order valence-electron chi connectivity index (χ4n) is 3.57. The Morgan fingerprint density at radius 2 is 1.86 bits per heavy atom. The van der Waals surface area contributed by atoms with Crippen LogP contribution in [0.3, 0.4) is 0 Å². The van der Waals surface area contributed by atoms with Crippen LogP contribution in [-0.4, -0.2) is 28.6 Å². The lowest BCUT2D eigenvalue weighted by Gasteiger charge is -2.14. The van der Waals surface area contributed by atoms with Crippen LogP contribution < -0.4 is 10.1 Å². The van der Waals surface area contributed by atoms with Gasteiger partial charge >= 0.3 is 0 Å². The number of aryl methyl sites for hydroxylation is 2. The molecule has 0 aliphatic carbocycles. The summed E-state index contributed by atoms with van der Waals surface area (Å²) in [6.45, 7) is 8.13. The predicted molar refractivity (Wildman–Crippen MR) is 117 cm³/mol. The van der Waals surface area contributed by atoms with Crippen LogP contribution in [-0.2, 0) is 17.8 Å². The maximum atomic E-state index is 11.1. The van der Waals surface area contributed by atoms with E-state index in [4.69, 9.17) is 9.72 Å². The zero-order chi connectivity index (χ0) is 20.6. The molecule has 0 aliphatic heterocycles. The van der Waals surface area contributed by atoms with Gasteiger partial charge in [-0.05, 0) is 42.5 Å². The smallest absolute Gasteiger partial charge is 0.216 e. The highest BCUT2D eigenvalue weighted by molar-refractivity contribution is 5.76. The summed E-state index contributed by atoms with van der Waals surface area (Å²) in [5.41, 5.74) is 3.43. The third-order valence-corrected chi connectivity index (χ3v) is 5.01. The first-order chi connectivity index (χ1) is 14.1. The Labute approximate surface area is 173 Å². The molecule has 154 valence electrons. The second kappa shape index (κ2) is 10.1. The van der Waals surface area contributed by atoms with Gasteiger partial charge in [0, 0.05) is 26.4 Å². The Balaban J connectivity index is 1.63. The van der Waals surface area contributed by atoms with Crippen LogP contribution in [0.5, 0.6) is 5.75 Å². The van der Waals surface area contributed by atoms with Crippen molar-refractivity contribution in [1.29, 1.82) is 0 Å². The third-order valence-electron chi connectivity index (χ3n) is 5.01. The molecule has 1 heterocycles. The van der Waals surface area contributed by atoms with E-state index in [9.17, 15) is 4.79 Å². The largest absolute Gasteiger partial charge is 0.493 e. The van der Waals surface area contributed by atoms with Crippen molar-refractivity contribution in [2.24, 2.45) is 0 Å². The number of benzene rings is 2. The number of imidazole rings is 1. The van der Waals surface area contributed by atoms with E-state index in [-0.39, 0.29) is 5.91 Å². The van der Waals surface area contributed by atoms with Gasteiger partial charge in [-0.3, -0.25) is 4.79 Å². The SMILES string of the molecule is CC(=O)NCCCc1nc2ccccc2n1CCCOc1ccccc1C(C)C. The Morgan fingerprint density at radius 1 is 1.10 bits per heavy atom. The molecular weight excluding hydrogens is 362 g/mol. The highest BCUT2D eigenvalue weighted by Crippen LogP contribution is 2.26. The molecule has 0 radical (unpaired) electrons. The standard InChI is InChI=1S/C24H31N3O2/c1-18(2)20-10-4-7-13-23(20)29-17-9-16-27-22-12-6-5-11-21(22)26-24(27)14-8-15-25-19(3)28/h4-7,10-13,18H,8-9,14-17H2,1-3H3,(H,25,28). The molecule has 1 aromatic heterocycles. The summed E-state index contributed by atoms with van der Waals surface area (Å²) in [7, 11) is 0. The van der Waals surface area contributed by atoms with Gasteiger partial charge in [-0.15, -0.1) is 0 Å². The van der Waals surface area contributed by atoms with Gasteiger partial charge in [0.15, 0.2) is 0 Å². The summed E-state index contributed by atoms with van der Waals surface area (Å²) in [6.07, 6.45) is 2.62. The molecule has 3 aromatic rings. The van der Waals surface area contributed by atoms with Crippen molar-refractivity contribution in [3.63, 3.8) is 0 Å². The van der Waals surface area contributed by atoms with Gasteiger partial charge < -0.3 is 14.6 Å². The molecule has 2 aromatic carbocycles. The maximum Gasteiger partial charge on any atom is 0.216 e. The van der Waals surface area contributed by atoms with Gasteiger partial charge in [0.05, 0.1) is 17.6 Å². The Bertz CT molecular complexity index is 946. The minimum Gasteiger partial charge on any atom is -0.493 e. The molecule has 0 spiro atoms. The average molecular weight is 394 g/mol. The topological polar surface area (TPSA) is 56.2 Å². The van der Waals surface area contributed by atoms with Crippen molar-refractivity contribution >= 4 is 16.9 Å². The van der Waals surface area contributed by atoms with E-state index in [1.807, 2.05) is 12.1 Å². The van der Waals surface area contributed by atoms with Gasteiger partial charge in [0.25, 0.3) is 0 Å². The second-order valence-corrected chi connectivity index (χ2v) is 7.65. The van der Waals surface area contributed by atoms with Gasteiger partial charge in [-0.25, -0.2) is 4.98 Å². The van der Waals surface area contributed by atoms with Gasteiger partial charge in [0.1, 0.15) is 11.6 Å². The van der Waals surface area contributed by atoms with Crippen LogP contribution in [0.2, 0.25) is 0 Å². The van der Waals surface area contributed by atoms with E-state index in [1.54, 1.807) is 6.92 Å². The summed E-state index contributed by atoms with van der Waals surface area (Å²) in [6, 6.07) is 16.5. The molecular formula is C24H31N3O2. The van der Waals surface area contributed by atoms with Crippen molar-refractivity contribution < 1.29 is 9.53 Å². The summed E-state index contributed by atoms with van der Waals surface area (Å²) in [5.74, 6) is 2.50. The number of rotatable bonds is 10. The van der Waals surface area contributed by atoms with Crippen LogP contribution in [0.15, 0.2) is 48.5 Å². The molecule has 5 nitrogen and oxygen atoms in total. The average Bonchev–Trinajstić information content (AvgIpc) is 3.06. The Hall–Kier alpha value is -2.82. The summed E-state index contributed by atoms with van der Waals surface area (Å²) in [4.78, 5) is 15.9. The highest BCUT2D eigenvalue weighted by Gasteiger charge is 2.11. The number of hydrogen-bond donors (Lipinski definition) is 1. The maximum absolute atomic E-state index is 11.1. The van der Waals surface area contributed by atoms with Crippen LogP contribution >= 0.6 is 0 Å². The van der Waals surface area contributed by atoms with E-state index >= 15 is 0 Å². The van der Waals surface area contributed by atoms with E-state index in [2.05, 4.69) is 60.1 Å². The van der Waals surface area contributed by atoms with Crippen molar-refractivity contribution in [3.05, 3.63) is 59.9 Å². The molecule has 0 atom stereocenters. The van der Waals surface area contributed by atoms with E-state index < -0.39 is 0 Å². The van der Waals surface area contributed by atoms with Gasteiger partial charge in [0.2, 0.25) is 5.91 Å². The van der Waals surface area contributed by atoms with E-state index in [1.165, 1.54) is 5.56 Å². The van der Waals surface area contributed by atoms with Crippen LogP contribution in [0, 0.1) is 0 Å². The molecule has 0 saturated carbocycles. The molecule has 0 aliphatic rings. The molecule has 0 fully saturated rings. The lowest BCUT2D eigenvalue weighted by Crippen LogP contribution is -2.21. The fourth-order valence-corrected chi connectivity index (χ4v) is 3.57. The highest BCUT2D eigenvalue weighted by atomic mass is 16.5. The lowest BCUT2D eigenvalue weighted by atomic mass is 10.0. The fraction of sp³-hybridized carbons (Fsp3) is 0.417. The predicted octanol–water partition coefficient (Wildman–Crippen LogP) is 4.70. The minimum atomic E-state index is 0.0114. The molecule has 5 heteroatoms. The first-order valence-electron chi connectivity index (χ1n) is 10.5. The minimum absolute atomic E-state index is 0.0114. The zero-order valence-corrected chi connectivity index (χ0v) is 17.6. The Morgan fingerprint density at radius 3 is 2.66 bits per heavy atom. The molecule has 0 saturated heterocycles. The second-order valence-electron chi connectivity index (χ2n) is 7.65. The number of fused-ring (bicyclic) bond motifs is 1. The van der Waals surface area contributed by atoms with Crippen molar-refractivity contribution in [3.8, 4) is 5.75 Å². The van der Waals surface area contributed by atoms with E-state index in [0.29, 0.717) is 19.1 Å². The van der Waals surface area contributed by atoms with Crippen molar-refractivity contribution in [2.45, 2.75) is 52.5 Å². The van der Waals surface area contributed by atoms with Crippen molar-refractivity contribution in [2.75, 3.05) is 13.2 Å². The molecule has 1 N–H and O–H groups in total. The number of aromatic nitrogens is 2. The summed E-state index contributed by atoms with van der Waals surface area (Å²) >= 11 is 0. The lowest BCUT2D eigenvalue weighted by molar-refractivity contribution is -0.118. The first-order valence-corrected chi connectivity index (χ1v) is 10.5. The molecule has 0 unspecified atom stereocenters. The summed E-state index contributed by atoms with van der Waals surface area (Å²) in [5, 5.41) is 2.86. The third kappa shape index (κ3) is 5.59. The number of nitrogens with one attached hydrogen (secondary N) is 1. The van der Waals surface area contributed by atoms with Crippen LogP contribution in [0.25, 0.3) is 11.0 Å². The number of carbonyl (C=O) groups is 1. The summed E-state index contributed by atoms with van der Waals surface area (Å²) < 4.78 is 8.38. The quantitative estimate of drug-likeness (QED) is 0.508. The normalized spacial score (nSPS) is 11.2.